The second kappa shape index (κ2) is 5.85. The molecule has 0 amide bonds. The average Bonchev–Trinajstić information content (AvgIpc) is 2.37. The predicted octanol–water partition coefficient (Wildman–Crippen LogP) is 4.04. The number of aliphatic hydroxyl groups is 1. The summed E-state index contributed by atoms with van der Waals surface area (Å²) >= 11 is 0. The summed E-state index contributed by atoms with van der Waals surface area (Å²) in [4.78, 5) is 0. The third kappa shape index (κ3) is 2.94. The van der Waals surface area contributed by atoms with Crippen molar-refractivity contribution in [3.05, 3.63) is 76.4 Å². The first-order valence-corrected chi connectivity index (χ1v) is 6.58. The molecule has 0 aliphatic heterocycles. The van der Waals surface area contributed by atoms with Gasteiger partial charge in [-0.2, -0.15) is 0 Å². The van der Waals surface area contributed by atoms with Gasteiger partial charge in [0.1, 0.15) is 0 Å². The highest BCUT2D eigenvalue weighted by atomic mass is 16.2. The first-order valence-electron chi connectivity index (χ1n) is 6.58. The Hall–Kier alpha value is -1.86. The molecule has 2 aromatic carbocycles. The monoisotopic (exact) mass is 252 g/mol. The number of rotatable bonds is 3. The molecule has 98 valence electrons. The molecule has 0 aliphatic rings. The topological polar surface area (TPSA) is 20.2 Å². The number of aliphatic hydroxyl groups excluding tert-OH is 1. The quantitative estimate of drug-likeness (QED) is 0.874. The normalized spacial score (nSPS) is 11.7. The second-order valence-electron chi connectivity index (χ2n) is 4.94. The van der Waals surface area contributed by atoms with Crippen LogP contribution in [0.25, 0.3) is 5.57 Å². The zero-order valence-electron chi connectivity index (χ0n) is 11.8. The van der Waals surface area contributed by atoms with Crippen LogP contribution < -0.4 is 0 Å². The van der Waals surface area contributed by atoms with Crippen LogP contribution in [0.15, 0.2) is 48.5 Å². The van der Waals surface area contributed by atoms with Gasteiger partial charge in [0.2, 0.25) is 0 Å². The van der Waals surface area contributed by atoms with E-state index in [1.807, 2.05) is 24.3 Å². The van der Waals surface area contributed by atoms with Crippen molar-refractivity contribution < 1.29 is 5.11 Å². The summed E-state index contributed by atoms with van der Waals surface area (Å²) in [6, 6.07) is 14.6. The van der Waals surface area contributed by atoms with Crippen LogP contribution in [0.4, 0.5) is 0 Å². The maximum Gasteiger partial charge on any atom is 0.0621 e. The van der Waals surface area contributed by atoms with Gasteiger partial charge in [0.15, 0.2) is 0 Å². The van der Waals surface area contributed by atoms with E-state index in [1.54, 1.807) is 0 Å². The molecular weight excluding hydrogens is 232 g/mol. The molecule has 0 saturated heterocycles. The smallest absolute Gasteiger partial charge is 0.0621 e. The van der Waals surface area contributed by atoms with E-state index in [9.17, 15) is 5.11 Å². The van der Waals surface area contributed by atoms with E-state index in [-0.39, 0.29) is 6.61 Å². The van der Waals surface area contributed by atoms with Crippen molar-refractivity contribution in [2.24, 2.45) is 0 Å². The van der Waals surface area contributed by atoms with Crippen LogP contribution >= 0.6 is 0 Å². The van der Waals surface area contributed by atoms with Crippen molar-refractivity contribution in [1.29, 1.82) is 0 Å². The lowest BCUT2D eigenvalue weighted by Crippen LogP contribution is -1.97. The van der Waals surface area contributed by atoms with Crippen LogP contribution in [0.2, 0.25) is 0 Å². The number of hydrogen-bond donors (Lipinski definition) is 1. The molecule has 0 aliphatic carbocycles. The van der Waals surface area contributed by atoms with Crippen LogP contribution in [-0.2, 0) is 0 Å². The zero-order valence-corrected chi connectivity index (χ0v) is 11.8. The Morgan fingerprint density at radius 2 is 1.58 bits per heavy atom. The first-order chi connectivity index (χ1) is 9.13. The largest absolute Gasteiger partial charge is 0.392 e. The highest BCUT2D eigenvalue weighted by molar-refractivity contribution is 5.83. The second-order valence-corrected chi connectivity index (χ2v) is 4.94. The molecule has 0 saturated carbocycles. The molecule has 0 spiro atoms. The Balaban J connectivity index is 2.62. The highest BCUT2D eigenvalue weighted by Crippen LogP contribution is 2.29. The molecule has 0 unspecified atom stereocenters. The Morgan fingerprint density at radius 1 is 1.00 bits per heavy atom. The fraction of sp³-hybridized carbons (Fsp3) is 0.222. The standard InChI is InChI=1S/C18H20O/c1-13-11-14(2)18(15(3)12-13)17(9-10-19)16-7-5-4-6-8-16/h4-9,11-12,19H,10H2,1-3H3/b17-9-. The molecule has 0 aromatic heterocycles. The number of aryl methyl sites for hydroxylation is 3. The van der Waals surface area contributed by atoms with Gasteiger partial charge in [-0.1, -0.05) is 54.1 Å². The lowest BCUT2D eigenvalue weighted by molar-refractivity contribution is 0.343. The minimum absolute atomic E-state index is 0.0526. The van der Waals surface area contributed by atoms with E-state index >= 15 is 0 Å². The predicted molar refractivity (Wildman–Crippen MR) is 81.3 cm³/mol. The van der Waals surface area contributed by atoms with Crippen molar-refractivity contribution in [1.82, 2.24) is 0 Å². The van der Waals surface area contributed by atoms with E-state index in [4.69, 9.17) is 0 Å². The van der Waals surface area contributed by atoms with Crippen LogP contribution in [0.3, 0.4) is 0 Å². The Labute approximate surface area is 115 Å². The van der Waals surface area contributed by atoms with Gasteiger partial charge in [0.25, 0.3) is 0 Å². The first kappa shape index (κ1) is 13.6. The zero-order chi connectivity index (χ0) is 13.8. The van der Waals surface area contributed by atoms with Gasteiger partial charge in [0.05, 0.1) is 6.61 Å². The van der Waals surface area contributed by atoms with Crippen molar-refractivity contribution in [2.45, 2.75) is 20.8 Å². The van der Waals surface area contributed by atoms with E-state index in [0.717, 1.165) is 11.1 Å². The molecule has 0 radical (unpaired) electrons. The van der Waals surface area contributed by atoms with Crippen molar-refractivity contribution in [3.8, 4) is 0 Å². The lowest BCUT2D eigenvalue weighted by Gasteiger charge is -2.15. The van der Waals surface area contributed by atoms with E-state index in [2.05, 4.69) is 45.0 Å². The SMILES string of the molecule is Cc1cc(C)c(/C(=C\CO)c2ccccc2)c(C)c1. The van der Waals surface area contributed by atoms with Crippen molar-refractivity contribution >= 4 is 5.57 Å². The summed E-state index contributed by atoms with van der Waals surface area (Å²) in [6.45, 7) is 6.42. The van der Waals surface area contributed by atoms with Crippen LogP contribution in [0.1, 0.15) is 27.8 Å². The molecule has 0 atom stereocenters. The Kier molecular flexibility index (Phi) is 4.18. The van der Waals surface area contributed by atoms with Gasteiger partial charge >= 0.3 is 0 Å². The Bertz CT molecular complexity index is 571. The van der Waals surface area contributed by atoms with Crippen LogP contribution in [-0.4, -0.2) is 11.7 Å². The van der Waals surface area contributed by atoms with E-state index in [1.165, 1.54) is 22.3 Å². The summed E-state index contributed by atoms with van der Waals surface area (Å²) in [7, 11) is 0. The molecule has 1 N–H and O–H groups in total. The van der Waals surface area contributed by atoms with Gasteiger partial charge in [-0.15, -0.1) is 0 Å². The lowest BCUT2D eigenvalue weighted by atomic mass is 9.89. The average molecular weight is 252 g/mol. The van der Waals surface area contributed by atoms with Crippen molar-refractivity contribution in [2.75, 3.05) is 6.61 Å². The molecule has 2 rings (SSSR count). The van der Waals surface area contributed by atoms with E-state index in [0.29, 0.717) is 0 Å². The maximum absolute atomic E-state index is 9.32. The third-order valence-corrected chi connectivity index (χ3v) is 3.33. The fourth-order valence-electron chi connectivity index (χ4n) is 2.68. The van der Waals surface area contributed by atoms with Crippen LogP contribution in [0, 0.1) is 20.8 Å². The highest BCUT2D eigenvalue weighted by Gasteiger charge is 2.10. The van der Waals surface area contributed by atoms with Gasteiger partial charge < -0.3 is 5.11 Å². The molecule has 0 bridgehead atoms. The van der Waals surface area contributed by atoms with Gasteiger partial charge in [-0.3, -0.25) is 0 Å². The third-order valence-electron chi connectivity index (χ3n) is 3.33. The minimum Gasteiger partial charge on any atom is -0.392 e. The summed E-state index contributed by atoms with van der Waals surface area (Å²) in [6.07, 6.45) is 1.89. The summed E-state index contributed by atoms with van der Waals surface area (Å²) in [5.41, 5.74) is 7.26. The summed E-state index contributed by atoms with van der Waals surface area (Å²) in [5.74, 6) is 0. The molecule has 1 heteroatoms. The number of benzene rings is 2. The molecule has 1 nitrogen and oxygen atoms in total. The molecule has 19 heavy (non-hydrogen) atoms. The molecule has 2 aromatic rings. The molecular formula is C18H20O. The van der Waals surface area contributed by atoms with Gasteiger partial charge in [-0.25, -0.2) is 0 Å². The fourth-order valence-corrected chi connectivity index (χ4v) is 2.68. The number of hydrogen-bond acceptors (Lipinski definition) is 1. The summed E-state index contributed by atoms with van der Waals surface area (Å²) < 4.78 is 0. The van der Waals surface area contributed by atoms with Crippen molar-refractivity contribution in [3.63, 3.8) is 0 Å². The van der Waals surface area contributed by atoms with E-state index < -0.39 is 0 Å². The van der Waals surface area contributed by atoms with Crippen LogP contribution in [0.5, 0.6) is 0 Å². The Morgan fingerprint density at radius 3 is 2.11 bits per heavy atom. The minimum atomic E-state index is 0.0526. The molecule has 0 heterocycles. The van der Waals surface area contributed by atoms with Gasteiger partial charge in [-0.05, 0) is 48.6 Å². The summed E-state index contributed by atoms with van der Waals surface area (Å²) in [5, 5.41) is 9.32. The maximum atomic E-state index is 9.32. The van der Waals surface area contributed by atoms with Gasteiger partial charge in [0, 0.05) is 0 Å². The molecule has 0 fully saturated rings.